The molecule has 1 aromatic carbocycles. The Kier molecular flexibility index (Phi) is 4.89. The Morgan fingerprint density at radius 1 is 1.03 bits per heavy atom. The summed E-state index contributed by atoms with van der Waals surface area (Å²) in [7, 11) is 0. The fourth-order valence-electron chi connectivity index (χ4n) is 5.56. The summed E-state index contributed by atoms with van der Waals surface area (Å²) in [5.74, 6) is 0. The van der Waals surface area contributed by atoms with Gasteiger partial charge < -0.3 is 17.6 Å². The summed E-state index contributed by atoms with van der Waals surface area (Å²) in [5, 5.41) is 0.591. The zero-order valence-electron chi connectivity index (χ0n) is 18.8. The first kappa shape index (κ1) is 21.1. The number of nitrogens with zero attached hydrogens (tertiary/aromatic N) is 2. The number of hydrogen-bond acceptors (Lipinski definition) is 0. The maximum Gasteiger partial charge on any atom is 0.737 e. The minimum atomic E-state index is -4.01. The van der Waals surface area contributed by atoms with Gasteiger partial charge in [0.05, 0.1) is 5.57 Å². The number of rotatable bonds is 3. The first-order valence-electron chi connectivity index (χ1n) is 10.6. The fraction of sp³-hybridized carbons (Fsp3) is 0.375. The van der Waals surface area contributed by atoms with Crippen LogP contribution in [-0.2, 0) is 6.42 Å². The van der Waals surface area contributed by atoms with E-state index in [-0.39, 0.29) is 0 Å². The van der Waals surface area contributed by atoms with E-state index in [1.54, 1.807) is 0 Å². The minimum absolute atomic E-state index is 0.591. The van der Waals surface area contributed by atoms with Gasteiger partial charge in [-0.2, -0.15) is 0 Å². The van der Waals surface area contributed by atoms with Crippen LogP contribution in [0.25, 0.3) is 5.57 Å². The van der Waals surface area contributed by atoms with Crippen molar-refractivity contribution >= 4 is 29.9 Å². The SMILES string of the molecule is CCC1=C(C)C2=C(c3ccc(C)cc3Cl)c3c(C)c(CC)c(C)n3[B-](F)(F)[N+]2=C1C. The van der Waals surface area contributed by atoms with Crippen molar-refractivity contribution in [3.63, 3.8) is 0 Å². The lowest BCUT2D eigenvalue weighted by molar-refractivity contribution is -0.363. The lowest BCUT2D eigenvalue weighted by atomic mass is 9.83. The van der Waals surface area contributed by atoms with Crippen molar-refractivity contribution in [1.29, 1.82) is 0 Å². The average molecular weight is 429 g/mol. The van der Waals surface area contributed by atoms with Gasteiger partial charge in [0.25, 0.3) is 0 Å². The Bertz CT molecular complexity index is 1200. The van der Waals surface area contributed by atoms with Crippen LogP contribution in [0.2, 0.25) is 5.02 Å². The third-order valence-electron chi connectivity index (χ3n) is 6.89. The number of benzene rings is 1. The Morgan fingerprint density at radius 2 is 1.70 bits per heavy atom. The largest absolute Gasteiger partial charge is 0.737 e. The molecule has 158 valence electrons. The molecule has 0 fully saturated rings. The van der Waals surface area contributed by atoms with E-state index in [1.165, 1.54) is 8.96 Å². The van der Waals surface area contributed by atoms with E-state index in [2.05, 4.69) is 0 Å². The van der Waals surface area contributed by atoms with Gasteiger partial charge in [0.1, 0.15) is 5.71 Å². The van der Waals surface area contributed by atoms with Crippen molar-refractivity contribution in [3.8, 4) is 0 Å². The highest BCUT2D eigenvalue weighted by atomic mass is 35.5. The molecule has 30 heavy (non-hydrogen) atoms. The Hall–Kier alpha value is -2.14. The van der Waals surface area contributed by atoms with E-state index in [1.807, 2.05) is 66.7 Å². The predicted molar refractivity (Wildman–Crippen MR) is 123 cm³/mol. The van der Waals surface area contributed by atoms with Gasteiger partial charge >= 0.3 is 6.97 Å². The standard InChI is InChI=1S/C24H28BClF2N2/c1-8-18-14(4)23-22(20-11-10-13(3)12-21(20)26)24-15(5)19(9-2)17(7)30(24)25(27,28)29(23)16(18)6/h10-12H,8-9H2,1-7H3. The number of allylic oxidation sites excluding steroid dienone is 2. The zero-order chi connectivity index (χ0) is 22.1. The molecule has 2 aliphatic heterocycles. The first-order chi connectivity index (χ1) is 14.1. The van der Waals surface area contributed by atoms with Crippen molar-refractivity contribution in [3.05, 3.63) is 73.7 Å². The number of hydrogen-bond donors (Lipinski definition) is 0. The quantitative estimate of drug-likeness (QED) is 0.473. The number of fused-ring (bicyclic) bond motifs is 2. The smallest absolute Gasteiger partial charge is 0.393 e. The van der Waals surface area contributed by atoms with E-state index in [0.717, 1.165) is 39.0 Å². The molecule has 0 saturated heterocycles. The van der Waals surface area contributed by atoms with Gasteiger partial charge in [-0.15, -0.1) is 0 Å². The van der Waals surface area contributed by atoms with Crippen molar-refractivity contribution in [2.45, 2.75) is 61.3 Å². The molecule has 0 aliphatic carbocycles. The third-order valence-corrected chi connectivity index (χ3v) is 7.20. The Balaban J connectivity index is 2.25. The van der Waals surface area contributed by atoms with E-state index < -0.39 is 6.97 Å². The van der Waals surface area contributed by atoms with Crippen LogP contribution < -0.4 is 0 Å². The van der Waals surface area contributed by atoms with Gasteiger partial charge in [-0.25, -0.2) is 0 Å². The summed E-state index contributed by atoms with van der Waals surface area (Å²) in [5.41, 5.74) is 8.99. The van der Waals surface area contributed by atoms with Crippen molar-refractivity contribution in [2.24, 2.45) is 0 Å². The van der Waals surface area contributed by atoms with Crippen molar-refractivity contribution in [2.75, 3.05) is 0 Å². The van der Waals surface area contributed by atoms with E-state index >= 15 is 8.63 Å². The van der Waals surface area contributed by atoms with Crippen LogP contribution in [0.4, 0.5) is 8.63 Å². The lowest BCUT2D eigenvalue weighted by Crippen LogP contribution is -2.51. The molecule has 0 spiro atoms. The van der Waals surface area contributed by atoms with Crippen LogP contribution in [0.15, 0.2) is 35.0 Å². The van der Waals surface area contributed by atoms with E-state index in [9.17, 15) is 0 Å². The van der Waals surface area contributed by atoms with Gasteiger partial charge in [-0.1, -0.05) is 37.6 Å². The topological polar surface area (TPSA) is 7.94 Å². The van der Waals surface area contributed by atoms with Crippen LogP contribution in [0.5, 0.6) is 0 Å². The highest BCUT2D eigenvalue weighted by Crippen LogP contribution is 2.48. The van der Waals surface area contributed by atoms with Gasteiger partial charge in [-0.05, 0) is 69.0 Å². The van der Waals surface area contributed by atoms with Gasteiger partial charge in [0, 0.05) is 34.3 Å². The molecule has 0 unspecified atom stereocenters. The minimum Gasteiger partial charge on any atom is -0.393 e. The molecule has 0 atom stereocenters. The summed E-state index contributed by atoms with van der Waals surface area (Å²) in [6.07, 6.45) is 1.43. The maximum absolute atomic E-state index is 16.2. The molecule has 3 heterocycles. The van der Waals surface area contributed by atoms with Crippen LogP contribution in [0.3, 0.4) is 0 Å². The normalized spacial score (nSPS) is 17.8. The molecule has 2 nitrogen and oxygen atoms in total. The summed E-state index contributed by atoms with van der Waals surface area (Å²) < 4.78 is 34.9. The average Bonchev–Trinajstić information content (AvgIpc) is 3.08. The number of halogens is 3. The second kappa shape index (κ2) is 6.95. The van der Waals surface area contributed by atoms with Gasteiger partial charge in [0.2, 0.25) is 0 Å². The van der Waals surface area contributed by atoms with Gasteiger partial charge in [0.15, 0.2) is 5.70 Å². The van der Waals surface area contributed by atoms with Crippen molar-refractivity contribution < 1.29 is 13.1 Å². The third kappa shape index (κ3) is 2.57. The molecule has 2 aliphatic rings. The maximum atomic E-state index is 16.2. The zero-order valence-corrected chi connectivity index (χ0v) is 19.5. The fourth-order valence-corrected chi connectivity index (χ4v) is 5.89. The predicted octanol–water partition coefficient (Wildman–Crippen LogP) is 6.84. The Morgan fingerprint density at radius 3 is 2.27 bits per heavy atom. The number of aryl methyl sites for hydroxylation is 1. The van der Waals surface area contributed by atoms with Crippen LogP contribution >= 0.6 is 11.6 Å². The molecule has 1 aromatic heterocycles. The van der Waals surface area contributed by atoms with E-state index in [4.69, 9.17) is 11.6 Å². The Labute approximate surface area is 182 Å². The molecule has 4 rings (SSSR count). The van der Waals surface area contributed by atoms with Crippen LogP contribution in [0, 0.1) is 20.8 Å². The highest BCUT2D eigenvalue weighted by Gasteiger charge is 2.56. The van der Waals surface area contributed by atoms with Crippen molar-refractivity contribution in [1.82, 2.24) is 4.48 Å². The van der Waals surface area contributed by atoms with Crippen LogP contribution in [0.1, 0.15) is 67.8 Å². The molecule has 0 radical (unpaired) electrons. The lowest BCUT2D eigenvalue weighted by Gasteiger charge is -2.34. The second-order valence-electron chi connectivity index (χ2n) is 8.47. The molecule has 0 bridgehead atoms. The molecule has 0 N–H and O–H groups in total. The second-order valence-corrected chi connectivity index (χ2v) is 8.88. The highest BCUT2D eigenvalue weighted by molar-refractivity contribution is 6.58. The molecular formula is C24H28BClF2N2. The molecule has 6 heteroatoms. The molecular weight excluding hydrogens is 401 g/mol. The molecule has 0 saturated carbocycles. The monoisotopic (exact) mass is 428 g/mol. The summed E-state index contributed by atoms with van der Waals surface area (Å²) in [6, 6.07) is 5.88. The van der Waals surface area contributed by atoms with E-state index in [0.29, 0.717) is 40.7 Å². The summed E-state index contributed by atoms with van der Waals surface area (Å²) in [6.45, 7) is 9.59. The molecule has 0 amide bonds. The summed E-state index contributed by atoms with van der Waals surface area (Å²) >= 11 is 6.71. The number of aromatic nitrogens is 1. The first-order valence-corrected chi connectivity index (χ1v) is 11.0. The molecule has 2 aromatic rings. The van der Waals surface area contributed by atoms with Gasteiger partial charge in [-0.3, -0.25) is 0 Å². The van der Waals surface area contributed by atoms with Crippen LogP contribution in [-0.4, -0.2) is 21.6 Å². The summed E-state index contributed by atoms with van der Waals surface area (Å²) in [4.78, 5) is 0.